The summed E-state index contributed by atoms with van der Waals surface area (Å²) < 4.78 is 16.1. The highest BCUT2D eigenvalue weighted by atomic mass is 127. The van der Waals surface area contributed by atoms with Crippen molar-refractivity contribution < 1.29 is 14.0 Å². The third kappa shape index (κ3) is 4.19. The number of ketones is 1. The number of benzene rings is 1. The van der Waals surface area contributed by atoms with Crippen LogP contribution in [0.5, 0.6) is 0 Å². The smallest absolute Gasteiger partial charge is 0.261 e. The van der Waals surface area contributed by atoms with Crippen molar-refractivity contribution in [3.05, 3.63) is 63.2 Å². The van der Waals surface area contributed by atoms with Crippen LogP contribution in [-0.2, 0) is 17.4 Å². The molecule has 1 aliphatic rings. The summed E-state index contributed by atoms with van der Waals surface area (Å²) in [5, 5.41) is 7.33. The van der Waals surface area contributed by atoms with E-state index in [1.54, 1.807) is 18.2 Å². The maximum atomic E-state index is 13.4. The number of carbonyl (C=O) groups excluding carboxylic acids is 2. The Morgan fingerprint density at radius 1 is 1.40 bits per heavy atom. The first kappa shape index (κ1) is 21.1. The zero-order chi connectivity index (χ0) is 21.3. The van der Waals surface area contributed by atoms with Gasteiger partial charge in [0.15, 0.2) is 5.78 Å². The van der Waals surface area contributed by atoms with Gasteiger partial charge < -0.3 is 11.1 Å². The molecule has 0 aliphatic carbocycles. The van der Waals surface area contributed by atoms with E-state index in [4.69, 9.17) is 5.73 Å². The number of alkyl halides is 1. The van der Waals surface area contributed by atoms with Crippen molar-refractivity contribution in [1.82, 2.24) is 15.1 Å². The Kier molecular flexibility index (Phi) is 6.30. The molecule has 1 aliphatic heterocycles. The summed E-state index contributed by atoms with van der Waals surface area (Å²) in [6.07, 6.45) is 2.60. The van der Waals surface area contributed by atoms with Crippen LogP contribution in [0.25, 0.3) is 11.3 Å². The van der Waals surface area contributed by atoms with Crippen LogP contribution in [0.1, 0.15) is 36.9 Å². The Hall–Kier alpha value is -2.11. The normalized spacial score (nSPS) is 14.0. The number of nitrogens with two attached hydrogens (primary N) is 1. The predicted molar refractivity (Wildman–Crippen MR) is 123 cm³/mol. The summed E-state index contributed by atoms with van der Waals surface area (Å²) in [6, 6.07) is 7.69. The summed E-state index contributed by atoms with van der Waals surface area (Å²) in [5.41, 5.74) is 9.33. The van der Waals surface area contributed by atoms with Gasteiger partial charge in [0.1, 0.15) is 5.82 Å². The molecular weight excluding hydrogens is 518 g/mol. The average molecular weight is 538 g/mol. The van der Waals surface area contributed by atoms with Gasteiger partial charge in [0.2, 0.25) is 0 Å². The van der Waals surface area contributed by atoms with Crippen LogP contribution in [0, 0.1) is 5.82 Å². The van der Waals surface area contributed by atoms with E-state index in [-0.39, 0.29) is 30.1 Å². The first-order chi connectivity index (χ1) is 14.5. The van der Waals surface area contributed by atoms with Gasteiger partial charge in [-0.05, 0) is 30.2 Å². The summed E-state index contributed by atoms with van der Waals surface area (Å²) in [6.45, 7) is 0.759. The summed E-state index contributed by atoms with van der Waals surface area (Å²) in [4.78, 5) is 26.6. The molecule has 0 unspecified atom stereocenters. The van der Waals surface area contributed by atoms with E-state index in [0.717, 1.165) is 26.8 Å². The second kappa shape index (κ2) is 8.94. The zero-order valence-corrected chi connectivity index (χ0v) is 19.0. The molecule has 0 saturated heterocycles. The number of thiophene rings is 1. The second-order valence-corrected chi connectivity index (χ2v) is 8.96. The summed E-state index contributed by atoms with van der Waals surface area (Å²) in [5.74, 6) is -0.582. The maximum Gasteiger partial charge on any atom is 0.261 e. The summed E-state index contributed by atoms with van der Waals surface area (Å²) in [7, 11) is 0. The molecule has 1 aromatic carbocycles. The van der Waals surface area contributed by atoms with Crippen molar-refractivity contribution in [3.8, 4) is 11.3 Å². The molecule has 0 bridgehead atoms. The Balaban J connectivity index is 1.59. The molecule has 2 aromatic heterocycles. The Labute approximate surface area is 190 Å². The number of aryl methyl sites for hydroxylation is 1. The molecule has 3 N–H and O–H groups in total. The number of amides is 1. The van der Waals surface area contributed by atoms with Crippen LogP contribution >= 0.6 is 33.9 Å². The number of hydrogen-bond acceptors (Lipinski definition) is 5. The molecule has 9 heteroatoms. The largest absolute Gasteiger partial charge is 0.347 e. The van der Waals surface area contributed by atoms with Crippen LogP contribution in [0.4, 0.5) is 4.39 Å². The van der Waals surface area contributed by atoms with Gasteiger partial charge in [0, 0.05) is 41.1 Å². The minimum atomic E-state index is -0.340. The SMILES string of the molecule is NC[C@H](Cc1cccc(F)c1)NC(=O)c1cc2c(s1)C(=O)CCn1ncc(CI)c1-2. The molecule has 0 saturated carbocycles. The number of rotatable bonds is 6. The minimum absolute atomic E-state index is 0.0223. The number of hydrogen-bond donors (Lipinski definition) is 2. The lowest BCUT2D eigenvalue weighted by atomic mass is 10.1. The molecule has 156 valence electrons. The fraction of sp³-hybridized carbons (Fsp3) is 0.286. The number of Topliss-reactive ketones (excluding diaryl/α,β-unsaturated/α-hetero) is 1. The van der Waals surface area contributed by atoms with Crippen LogP contribution in [0.15, 0.2) is 36.5 Å². The standard InChI is InChI=1S/C21H20FIN4O2S/c22-14-3-1-2-12(6-14)7-15(10-24)26-21(29)18-8-16-19-13(9-23)11-25-27(19)5-4-17(28)20(16)30-18/h1-3,6,8,11,15H,4-5,7,9-10,24H2,(H,26,29)/t15-/m0/s1. The van der Waals surface area contributed by atoms with E-state index in [1.165, 1.54) is 23.5 Å². The lowest BCUT2D eigenvalue weighted by Gasteiger charge is -2.16. The molecule has 30 heavy (non-hydrogen) atoms. The highest BCUT2D eigenvalue weighted by Gasteiger charge is 2.28. The number of nitrogens with one attached hydrogen (secondary N) is 1. The van der Waals surface area contributed by atoms with Gasteiger partial charge in [0.25, 0.3) is 5.91 Å². The molecule has 0 radical (unpaired) electrons. The highest BCUT2D eigenvalue weighted by molar-refractivity contribution is 14.1. The monoisotopic (exact) mass is 538 g/mol. The first-order valence-electron chi connectivity index (χ1n) is 9.53. The third-order valence-electron chi connectivity index (χ3n) is 5.06. The van der Waals surface area contributed by atoms with Crippen LogP contribution in [0.2, 0.25) is 0 Å². The second-order valence-electron chi connectivity index (χ2n) is 7.14. The van der Waals surface area contributed by atoms with E-state index in [9.17, 15) is 14.0 Å². The molecule has 3 aromatic rings. The molecule has 0 spiro atoms. The van der Waals surface area contributed by atoms with Crippen LogP contribution in [0.3, 0.4) is 0 Å². The molecule has 4 rings (SSSR count). The quantitative estimate of drug-likeness (QED) is 0.371. The number of nitrogens with zero attached hydrogens (tertiary/aromatic N) is 2. The van der Waals surface area contributed by atoms with Gasteiger partial charge in [-0.15, -0.1) is 11.3 Å². The van der Waals surface area contributed by atoms with Gasteiger partial charge >= 0.3 is 0 Å². The molecule has 6 nitrogen and oxygen atoms in total. The van der Waals surface area contributed by atoms with Gasteiger partial charge in [-0.3, -0.25) is 14.3 Å². The van der Waals surface area contributed by atoms with Crippen molar-refractivity contribution in [2.75, 3.05) is 6.54 Å². The number of halogens is 2. The predicted octanol–water partition coefficient (Wildman–Crippen LogP) is 3.57. The van der Waals surface area contributed by atoms with Gasteiger partial charge in [-0.2, -0.15) is 5.10 Å². The van der Waals surface area contributed by atoms with E-state index in [2.05, 4.69) is 33.0 Å². The molecule has 1 amide bonds. The molecule has 1 atom stereocenters. The highest BCUT2D eigenvalue weighted by Crippen LogP contribution is 2.37. The number of carbonyl (C=O) groups is 2. The number of fused-ring (bicyclic) bond motifs is 3. The van der Waals surface area contributed by atoms with E-state index in [0.29, 0.717) is 29.1 Å². The lowest BCUT2D eigenvalue weighted by Crippen LogP contribution is -2.41. The van der Waals surface area contributed by atoms with Gasteiger partial charge in [0.05, 0.1) is 21.6 Å². The Bertz CT molecular complexity index is 1110. The van der Waals surface area contributed by atoms with Crippen molar-refractivity contribution in [3.63, 3.8) is 0 Å². The summed E-state index contributed by atoms with van der Waals surface area (Å²) >= 11 is 3.48. The van der Waals surface area contributed by atoms with Crippen molar-refractivity contribution in [1.29, 1.82) is 0 Å². The van der Waals surface area contributed by atoms with Crippen molar-refractivity contribution in [2.45, 2.75) is 29.9 Å². The fourth-order valence-corrected chi connectivity index (χ4v) is 5.20. The van der Waals surface area contributed by atoms with E-state index in [1.807, 2.05) is 10.9 Å². The van der Waals surface area contributed by atoms with Crippen molar-refractivity contribution in [2.24, 2.45) is 5.73 Å². The number of aromatic nitrogens is 2. The lowest BCUT2D eigenvalue weighted by molar-refractivity contribution is 0.0941. The van der Waals surface area contributed by atoms with Gasteiger partial charge in [-0.1, -0.05) is 34.7 Å². The van der Waals surface area contributed by atoms with Crippen LogP contribution in [-0.4, -0.2) is 34.1 Å². The third-order valence-corrected chi connectivity index (χ3v) is 7.06. The average Bonchev–Trinajstić information content (AvgIpc) is 3.32. The van der Waals surface area contributed by atoms with E-state index >= 15 is 0 Å². The fourth-order valence-electron chi connectivity index (χ4n) is 3.61. The molecular formula is C21H20FIN4O2S. The van der Waals surface area contributed by atoms with Gasteiger partial charge in [-0.25, -0.2) is 4.39 Å². The Morgan fingerprint density at radius 3 is 2.97 bits per heavy atom. The maximum absolute atomic E-state index is 13.4. The zero-order valence-electron chi connectivity index (χ0n) is 16.0. The first-order valence-corrected chi connectivity index (χ1v) is 11.9. The van der Waals surface area contributed by atoms with Crippen LogP contribution < -0.4 is 11.1 Å². The Morgan fingerprint density at radius 2 is 2.23 bits per heavy atom. The molecule has 3 heterocycles. The molecule has 0 fully saturated rings. The minimum Gasteiger partial charge on any atom is -0.347 e. The van der Waals surface area contributed by atoms with E-state index < -0.39 is 0 Å². The van der Waals surface area contributed by atoms with Crippen molar-refractivity contribution >= 4 is 45.6 Å². The topological polar surface area (TPSA) is 90.0 Å².